The lowest BCUT2D eigenvalue weighted by atomic mass is 10.4. The summed E-state index contributed by atoms with van der Waals surface area (Å²) in [5.41, 5.74) is 1.38. The maximum absolute atomic E-state index is 12.2. The quantitative estimate of drug-likeness (QED) is 0.731. The van der Waals surface area contributed by atoms with Gasteiger partial charge >= 0.3 is 0 Å². The molecule has 1 N–H and O–H groups in total. The Balaban J connectivity index is 1.81. The summed E-state index contributed by atoms with van der Waals surface area (Å²) in [6, 6.07) is 9.85. The van der Waals surface area contributed by atoms with Crippen LogP contribution in [0.3, 0.4) is 0 Å². The molecule has 0 bridgehead atoms. The fourth-order valence-electron chi connectivity index (χ4n) is 1.99. The lowest BCUT2D eigenvalue weighted by molar-refractivity contribution is 0.580. The minimum Gasteiger partial charge on any atom is -0.306 e. The van der Waals surface area contributed by atoms with Crippen LogP contribution in [-0.4, -0.2) is 17.8 Å². The molecule has 0 fully saturated rings. The molecule has 0 spiro atoms. The van der Waals surface area contributed by atoms with Gasteiger partial charge in [-0.2, -0.15) is 0 Å². The van der Waals surface area contributed by atoms with Crippen molar-refractivity contribution in [2.45, 2.75) is 11.4 Å². The normalized spacial score (nSPS) is 11.9. The Hall–Kier alpha value is -1.41. The summed E-state index contributed by atoms with van der Waals surface area (Å²) in [7, 11) is -3.62. The van der Waals surface area contributed by atoms with Gasteiger partial charge in [-0.1, -0.05) is 17.7 Å². The molecule has 3 aromatic rings. The van der Waals surface area contributed by atoms with E-state index in [1.165, 1.54) is 12.1 Å². The third kappa shape index (κ3) is 3.33. The van der Waals surface area contributed by atoms with Gasteiger partial charge in [0.2, 0.25) is 10.0 Å². The molecular weight excluding hydrogens is 390 g/mol. The Bertz CT molecular complexity index is 940. The topological polar surface area (TPSA) is 63.5 Å². The molecule has 2 aromatic heterocycles. The minimum atomic E-state index is -3.62. The SMILES string of the molecule is O=S(=O)(NCc1cn2cc(Br)ccc2n1)c1cccc(Cl)c1. The summed E-state index contributed by atoms with van der Waals surface area (Å²) in [5.74, 6) is 0. The van der Waals surface area contributed by atoms with E-state index in [1.54, 1.807) is 18.3 Å². The highest BCUT2D eigenvalue weighted by Gasteiger charge is 2.14. The van der Waals surface area contributed by atoms with Crippen molar-refractivity contribution in [1.29, 1.82) is 0 Å². The summed E-state index contributed by atoms with van der Waals surface area (Å²) in [5, 5.41) is 0.375. The Labute approximate surface area is 141 Å². The second kappa shape index (κ2) is 6.00. The van der Waals surface area contributed by atoms with Crippen LogP contribution in [0.25, 0.3) is 5.65 Å². The van der Waals surface area contributed by atoms with Gasteiger partial charge < -0.3 is 4.40 Å². The molecule has 0 radical (unpaired) electrons. The Morgan fingerprint density at radius 2 is 2.05 bits per heavy atom. The molecule has 2 heterocycles. The second-order valence-electron chi connectivity index (χ2n) is 4.63. The van der Waals surface area contributed by atoms with E-state index in [4.69, 9.17) is 11.6 Å². The first-order valence-electron chi connectivity index (χ1n) is 6.32. The van der Waals surface area contributed by atoms with Crippen LogP contribution in [0.5, 0.6) is 0 Å². The van der Waals surface area contributed by atoms with Crippen LogP contribution in [0.15, 0.2) is 58.2 Å². The first-order chi connectivity index (χ1) is 10.4. The van der Waals surface area contributed by atoms with Gasteiger partial charge in [0.25, 0.3) is 0 Å². The molecule has 3 rings (SSSR count). The number of nitrogens with zero attached hydrogens (tertiary/aromatic N) is 2. The molecule has 0 aliphatic carbocycles. The van der Waals surface area contributed by atoms with E-state index in [1.807, 2.05) is 22.7 Å². The van der Waals surface area contributed by atoms with E-state index in [0.29, 0.717) is 10.7 Å². The van der Waals surface area contributed by atoms with Crippen LogP contribution in [0.1, 0.15) is 5.69 Å². The van der Waals surface area contributed by atoms with Crippen molar-refractivity contribution in [3.8, 4) is 0 Å². The van der Waals surface area contributed by atoms with Crippen molar-refractivity contribution in [3.63, 3.8) is 0 Å². The van der Waals surface area contributed by atoms with Crippen LogP contribution in [0.2, 0.25) is 5.02 Å². The zero-order valence-corrected chi connectivity index (χ0v) is 14.4. The number of pyridine rings is 1. The standard InChI is InChI=1S/C14H11BrClN3O2S/c15-10-4-5-14-18-12(9-19(14)8-10)7-17-22(20,21)13-3-1-2-11(16)6-13/h1-6,8-9,17H,7H2. The zero-order chi connectivity index (χ0) is 15.7. The molecule has 5 nitrogen and oxygen atoms in total. The van der Waals surface area contributed by atoms with E-state index >= 15 is 0 Å². The Morgan fingerprint density at radius 3 is 2.82 bits per heavy atom. The van der Waals surface area contributed by atoms with Gasteiger partial charge in [-0.25, -0.2) is 18.1 Å². The predicted octanol–water partition coefficient (Wildman–Crippen LogP) is 3.23. The highest BCUT2D eigenvalue weighted by atomic mass is 79.9. The lowest BCUT2D eigenvalue weighted by Crippen LogP contribution is -2.23. The van der Waals surface area contributed by atoms with E-state index in [0.717, 1.165) is 10.1 Å². The molecule has 114 valence electrons. The van der Waals surface area contributed by atoms with E-state index in [-0.39, 0.29) is 11.4 Å². The zero-order valence-electron chi connectivity index (χ0n) is 11.2. The summed E-state index contributed by atoms with van der Waals surface area (Å²) in [4.78, 5) is 4.49. The number of rotatable bonds is 4. The monoisotopic (exact) mass is 399 g/mol. The van der Waals surface area contributed by atoms with Gasteiger partial charge in [0, 0.05) is 21.9 Å². The van der Waals surface area contributed by atoms with Crippen LogP contribution in [0.4, 0.5) is 0 Å². The summed E-state index contributed by atoms with van der Waals surface area (Å²) >= 11 is 9.20. The van der Waals surface area contributed by atoms with Crippen molar-refractivity contribution >= 4 is 43.2 Å². The Kier molecular flexibility index (Phi) is 4.22. The first-order valence-corrected chi connectivity index (χ1v) is 8.98. The maximum Gasteiger partial charge on any atom is 0.240 e. The Morgan fingerprint density at radius 1 is 1.23 bits per heavy atom. The number of fused-ring (bicyclic) bond motifs is 1. The molecule has 0 saturated carbocycles. The average molecular weight is 401 g/mol. The number of halogens is 2. The van der Waals surface area contributed by atoms with Crippen molar-refractivity contribution in [2.75, 3.05) is 0 Å². The number of aromatic nitrogens is 2. The number of hydrogen-bond acceptors (Lipinski definition) is 3. The van der Waals surface area contributed by atoms with Crippen LogP contribution in [-0.2, 0) is 16.6 Å². The van der Waals surface area contributed by atoms with Gasteiger partial charge in [-0.15, -0.1) is 0 Å². The molecule has 8 heteroatoms. The summed E-state index contributed by atoms with van der Waals surface area (Å²) < 4.78 is 29.7. The van der Waals surface area contributed by atoms with Crippen molar-refractivity contribution in [3.05, 3.63) is 64.0 Å². The third-order valence-electron chi connectivity index (χ3n) is 3.01. The van der Waals surface area contributed by atoms with Gasteiger partial charge in [-0.05, 0) is 46.3 Å². The molecule has 0 aliphatic rings. The molecular formula is C14H11BrClN3O2S. The molecule has 0 unspecified atom stereocenters. The van der Waals surface area contributed by atoms with E-state index in [2.05, 4.69) is 25.6 Å². The smallest absolute Gasteiger partial charge is 0.240 e. The average Bonchev–Trinajstić information content (AvgIpc) is 2.87. The lowest BCUT2D eigenvalue weighted by Gasteiger charge is -2.05. The number of imidazole rings is 1. The number of sulfonamides is 1. The van der Waals surface area contributed by atoms with Crippen molar-refractivity contribution < 1.29 is 8.42 Å². The molecule has 0 atom stereocenters. The molecule has 0 amide bonds. The number of hydrogen-bond donors (Lipinski definition) is 1. The fraction of sp³-hybridized carbons (Fsp3) is 0.0714. The molecule has 0 saturated heterocycles. The van der Waals surface area contributed by atoms with Crippen molar-refractivity contribution in [2.24, 2.45) is 0 Å². The van der Waals surface area contributed by atoms with Gasteiger partial charge in [0.05, 0.1) is 17.1 Å². The predicted molar refractivity (Wildman–Crippen MR) is 88.4 cm³/mol. The highest BCUT2D eigenvalue weighted by Crippen LogP contribution is 2.16. The molecule has 22 heavy (non-hydrogen) atoms. The van der Waals surface area contributed by atoms with Crippen LogP contribution < -0.4 is 4.72 Å². The van der Waals surface area contributed by atoms with E-state index in [9.17, 15) is 8.42 Å². The molecule has 0 aliphatic heterocycles. The van der Waals surface area contributed by atoms with Gasteiger partial charge in [0.15, 0.2) is 0 Å². The molecule has 1 aromatic carbocycles. The van der Waals surface area contributed by atoms with Gasteiger partial charge in [0.1, 0.15) is 5.65 Å². The van der Waals surface area contributed by atoms with Gasteiger partial charge in [-0.3, -0.25) is 0 Å². The summed E-state index contributed by atoms with van der Waals surface area (Å²) in [6.07, 6.45) is 3.64. The summed E-state index contributed by atoms with van der Waals surface area (Å²) in [6.45, 7) is 0.105. The fourth-order valence-corrected chi connectivity index (χ4v) is 3.64. The second-order valence-corrected chi connectivity index (χ2v) is 7.75. The maximum atomic E-state index is 12.2. The van der Waals surface area contributed by atoms with Crippen molar-refractivity contribution in [1.82, 2.24) is 14.1 Å². The number of benzene rings is 1. The third-order valence-corrected chi connectivity index (χ3v) is 5.12. The van der Waals surface area contributed by atoms with E-state index < -0.39 is 10.0 Å². The van der Waals surface area contributed by atoms with Crippen LogP contribution in [0, 0.1) is 0 Å². The number of nitrogens with one attached hydrogen (secondary N) is 1. The minimum absolute atomic E-state index is 0.105. The largest absolute Gasteiger partial charge is 0.306 e. The highest BCUT2D eigenvalue weighted by molar-refractivity contribution is 9.10. The van der Waals surface area contributed by atoms with Crippen LogP contribution >= 0.6 is 27.5 Å². The first kappa shape index (κ1) is 15.5.